The molecular weight excluding hydrogens is 410 g/mol. The van der Waals surface area contributed by atoms with Crippen molar-refractivity contribution in [2.75, 3.05) is 6.61 Å². The van der Waals surface area contributed by atoms with Crippen LogP contribution < -0.4 is 4.74 Å². The van der Waals surface area contributed by atoms with E-state index in [0.29, 0.717) is 18.1 Å². The highest BCUT2D eigenvalue weighted by atomic mass is 16.5. The molecule has 170 valence electrons. The fourth-order valence-electron chi connectivity index (χ4n) is 5.84. The van der Waals surface area contributed by atoms with Crippen molar-refractivity contribution >= 4 is 28.2 Å². The van der Waals surface area contributed by atoms with Crippen LogP contribution in [0.4, 0.5) is 0 Å². The molecule has 4 aromatic rings. The number of carbonyl (C=O) groups excluding carboxylic acids is 1. The van der Waals surface area contributed by atoms with Crippen molar-refractivity contribution in [1.82, 2.24) is 14.1 Å². The molecule has 0 bridgehead atoms. The van der Waals surface area contributed by atoms with Crippen molar-refractivity contribution in [1.29, 1.82) is 0 Å². The van der Waals surface area contributed by atoms with E-state index in [9.17, 15) is 4.79 Å². The van der Waals surface area contributed by atoms with Crippen molar-refractivity contribution in [2.24, 2.45) is 5.92 Å². The summed E-state index contributed by atoms with van der Waals surface area (Å²) >= 11 is 0. The van der Waals surface area contributed by atoms with E-state index in [4.69, 9.17) is 9.72 Å². The minimum Gasteiger partial charge on any atom is -0.489 e. The molecule has 0 atom stereocenters. The maximum absolute atomic E-state index is 11.5. The third-order valence-electron chi connectivity index (χ3n) is 7.49. The van der Waals surface area contributed by atoms with E-state index in [1.165, 1.54) is 68.0 Å². The molecule has 0 saturated heterocycles. The van der Waals surface area contributed by atoms with Crippen molar-refractivity contribution in [2.45, 2.75) is 64.5 Å². The van der Waals surface area contributed by atoms with Gasteiger partial charge in [0.05, 0.1) is 17.8 Å². The van der Waals surface area contributed by atoms with Crippen LogP contribution >= 0.6 is 0 Å². The Morgan fingerprint density at radius 1 is 1.00 bits per heavy atom. The highest BCUT2D eigenvalue weighted by molar-refractivity contribution is 5.93. The molecule has 6 rings (SSSR count). The normalized spacial score (nSPS) is 17.5. The molecule has 1 saturated carbocycles. The average Bonchev–Trinajstić information content (AvgIpc) is 3.43. The number of imidazole rings is 1. The first-order valence-corrected chi connectivity index (χ1v) is 12.5. The van der Waals surface area contributed by atoms with E-state index in [0.717, 1.165) is 42.0 Å². The number of carbonyl (C=O) groups is 1. The number of aromatic nitrogens is 3. The van der Waals surface area contributed by atoms with Crippen LogP contribution in [0, 0.1) is 5.92 Å². The zero-order valence-corrected chi connectivity index (χ0v) is 19.1. The van der Waals surface area contributed by atoms with Crippen molar-refractivity contribution in [3.63, 3.8) is 0 Å². The van der Waals surface area contributed by atoms with Gasteiger partial charge in [0.15, 0.2) is 5.82 Å². The van der Waals surface area contributed by atoms with Gasteiger partial charge in [0.2, 0.25) is 0 Å². The summed E-state index contributed by atoms with van der Waals surface area (Å²) in [5, 5.41) is 1.26. The summed E-state index contributed by atoms with van der Waals surface area (Å²) in [6.45, 7) is 2.40. The van der Waals surface area contributed by atoms with Crippen LogP contribution in [0.2, 0.25) is 0 Å². The Labute approximate surface area is 194 Å². The number of nitrogens with zero attached hydrogens (tertiary/aromatic N) is 3. The number of hydrogen-bond donors (Lipinski definition) is 0. The van der Waals surface area contributed by atoms with Crippen LogP contribution in [0.1, 0.15) is 61.7 Å². The number of hydrogen-bond acceptors (Lipinski definition) is 3. The van der Waals surface area contributed by atoms with Gasteiger partial charge >= 0.3 is 0 Å². The van der Waals surface area contributed by atoms with E-state index in [2.05, 4.69) is 39.5 Å². The molecule has 2 aliphatic rings. The summed E-state index contributed by atoms with van der Waals surface area (Å²) in [6, 6.07) is 14.7. The first kappa shape index (κ1) is 20.5. The number of aldehydes is 1. The molecular formula is C28H31N3O2. The summed E-state index contributed by atoms with van der Waals surface area (Å²) in [4.78, 5) is 16.5. The second-order valence-electron chi connectivity index (χ2n) is 9.70. The Balaban J connectivity index is 1.49. The lowest BCUT2D eigenvalue weighted by Gasteiger charge is -2.21. The SMILES string of the molecule is O=Cc1cc2c3c(c1)nc(-c1cc4ccccc4n1CC1CCCCCCCC1)n3CCO2. The molecule has 2 aromatic carbocycles. The molecule has 0 spiro atoms. The zero-order chi connectivity index (χ0) is 22.2. The Morgan fingerprint density at radius 3 is 2.61 bits per heavy atom. The van der Waals surface area contributed by atoms with Gasteiger partial charge in [-0.15, -0.1) is 0 Å². The van der Waals surface area contributed by atoms with Crippen LogP contribution in [-0.4, -0.2) is 27.0 Å². The lowest BCUT2D eigenvalue weighted by Crippen LogP contribution is -2.17. The number of para-hydroxylation sites is 1. The third-order valence-corrected chi connectivity index (χ3v) is 7.49. The Bertz CT molecular complexity index is 1310. The van der Waals surface area contributed by atoms with Crippen LogP contribution in [0.3, 0.4) is 0 Å². The average molecular weight is 442 g/mol. The number of fused-ring (bicyclic) bond motifs is 1. The van der Waals surface area contributed by atoms with Gasteiger partial charge in [-0.2, -0.15) is 0 Å². The van der Waals surface area contributed by atoms with Gasteiger partial charge in [0.25, 0.3) is 0 Å². The monoisotopic (exact) mass is 441 g/mol. The summed E-state index contributed by atoms with van der Waals surface area (Å²) < 4.78 is 10.7. The number of rotatable bonds is 4. The van der Waals surface area contributed by atoms with Crippen LogP contribution in [-0.2, 0) is 13.1 Å². The summed E-state index contributed by atoms with van der Waals surface area (Å²) in [6.07, 6.45) is 11.7. The summed E-state index contributed by atoms with van der Waals surface area (Å²) in [5.41, 5.74) is 4.91. The van der Waals surface area contributed by atoms with Crippen molar-refractivity contribution in [3.8, 4) is 17.3 Å². The smallest absolute Gasteiger partial charge is 0.158 e. The first-order valence-electron chi connectivity index (χ1n) is 12.5. The van der Waals surface area contributed by atoms with Gasteiger partial charge in [0, 0.05) is 23.0 Å². The van der Waals surface area contributed by atoms with E-state index in [1.807, 2.05) is 12.1 Å². The van der Waals surface area contributed by atoms with Gasteiger partial charge < -0.3 is 13.9 Å². The van der Waals surface area contributed by atoms with E-state index in [-0.39, 0.29) is 0 Å². The lowest BCUT2D eigenvalue weighted by molar-refractivity contribution is 0.112. The fraction of sp³-hybridized carbons (Fsp3) is 0.429. The van der Waals surface area contributed by atoms with Gasteiger partial charge in [-0.1, -0.05) is 56.7 Å². The van der Waals surface area contributed by atoms with Gasteiger partial charge in [0.1, 0.15) is 24.2 Å². The van der Waals surface area contributed by atoms with Gasteiger partial charge in [-0.25, -0.2) is 4.98 Å². The lowest BCUT2D eigenvalue weighted by atomic mass is 9.96. The predicted molar refractivity (Wildman–Crippen MR) is 132 cm³/mol. The molecule has 33 heavy (non-hydrogen) atoms. The van der Waals surface area contributed by atoms with Gasteiger partial charge in [-0.3, -0.25) is 4.79 Å². The molecule has 5 nitrogen and oxygen atoms in total. The second kappa shape index (κ2) is 8.69. The maximum atomic E-state index is 11.5. The Morgan fingerprint density at radius 2 is 1.79 bits per heavy atom. The van der Waals surface area contributed by atoms with Crippen molar-refractivity contribution in [3.05, 3.63) is 48.0 Å². The molecule has 2 aromatic heterocycles. The molecule has 1 aliphatic carbocycles. The van der Waals surface area contributed by atoms with Crippen molar-refractivity contribution < 1.29 is 9.53 Å². The highest BCUT2D eigenvalue weighted by Gasteiger charge is 2.24. The highest BCUT2D eigenvalue weighted by Crippen LogP contribution is 2.37. The van der Waals surface area contributed by atoms with E-state index in [1.54, 1.807) is 0 Å². The molecule has 0 unspecified atom stereocenters. The predicted octanol–water partition coefficient (Wildman–Crippen LogP) is 6.61. The standard InChI is InChI=1S/C28H31N3O2/c32-19-21-15-23-27-26(16-21)33-14-13-30(27)28(29-23)25-17-22-11-7-8-12-24(22)31(25)18-20-9-5-3-1-2-4-6-10-20/h7-8,11-12,15-17,19-20H,1-6,9-10,13-14,18H2. The molecule has 0 radical (unpaired) electrons. The molecule has 5 heteroatoms. The summed E-state index contributed by atoms with van der Waals surface area (Å²) in [7, 11) is 0. The topological polar surface area (TPSA) is 49.0 Å². The molecule has 0 amide bonds. The maximum Gasteiger partial charge on any atom is 0.158 e. The minimum atomic E-state index is 0.594. The third kappa shape index (κ3) is 3.73. The number of benzene rings is 2. The summed E-state index contributed by atoms with van der Waals surface area (Å²) in [5.74, 6) is 2.44. The van der Waals surface area contributed by atoms with E-state index >= 15 is 0 Å². The molecule has 3 heterocycles. The minimum absolute atomic E-state index is 0.594. The fourth-order valence-corrected chi connectivity index (χ4v) is 5.84. The largest absolute Gasteiger partial charge is 0.489 e. The van der Waals surface area contributed by atoms with Crippen LogP contribution in [0.5, 0.6) is 5.75 Å². The molecule has 1 fully saturated rings. The van der Waals surface area contributed by atoms with Gasteiger partial charge in [-0.05, 0) is 43.0 Å². The zero-order valence-electron chi connectivity index (χ0n) is 19.1. The second-order valence-corrected chi connectivity index (χ2v) is 9.70. The number of ether oxygens (including phenoxy) is 1. The van der Waals surface area contributed by atoms with Crippen LogP contribution in [0.15, 0.2) is 42.5 Å². The van der Waals surface area contributed by atoms with Crippen LogP contribution in [0.25, 0.3) is 33.5 Å². The molecule has 1 aliphatic heterocycles. The first-order chi connectivity index (χ1) is 16.3. The Hall–Kier alpha value is -3.08. The Kier molecular flexibility index (Phi) is 5.41. The van der Waals surface area contributed by atoms with E-state index < -0.39 is 0 Å². The molecule has 0 N–H and O–H groups in total. The quantitative estimate of drug-likeness (QED) is 0.335.